The van der Waals surface area contributed by atoms with E-state index in [9.17, 15) is 9.90 Å². The van der Waals surface area contributed by atoms with E-state index in [-0.39, 0.29) is 17.1 Å². The van der Waals surface area contributed by atoms with Gasteiger partial charge in [-0.25, -0.2) is 9.97 Å². The Hall–Kier alpha value is -3.54. The number of carbonyl (C=O) groups is 1. The molecule has 128 valence electrons. The molecule has 0 aliphatic carbocycles. The average molecular weight is 344 g/mol. The molecule has 1 aromatic carbocycles. The minimum Gasteiger partial charge on any atom is -0.507 e. The van der Waals surface area contributed by atoms with Crippen molar-refractivity contribution >= 4 is 16.8 Å². The Labute approximate surface area is 149 Å². The summed E-state index contributed by atoms with van der Waals surface area (Å²) in [5.74, 6) is 0.348. The number of hydrogen-bond acceptors (Lipinski definition) is 5. The highest BCUT2D eigenvalue weighted by Gasteiger charge is 2.18. The second kappa shape index (κ2) is 6.07. The number of nitrogens with zero attached hydrogens (tertiary/aromatic N) is 4. The number of fused-ring (bicyclic) bond motifs is 1. The zero-order valence-electron chi connectivity index (χ0n) is 14.3. The van der Waals surface area contributed by atoms with Gasteiger partial charge in [-0.2, -0.15) is 9.78 Å². The highest BCUT2D eigenvalue weighted by molar-refractivity contribution is 6.11. The van der Waals surface area contributed by atoms with Gasteiger partial charge < -0.3 is 5.11 Å². The van der Waals surface area contributed by atoms with Crippen molar-refractivity contribution in [1.82, 2.24) is 19.7 Å². The minimum absolute atomic E-state index is 0.0402. The molecule has 0 atom stereocenters. The van der Waals surface area contributed by atoms with Crippen LogP contribution < -0.4 is 0 Å². The molecule has 0 spiro atoms. The van der Waals surface area contributed by atoms with Gasteiger partial charge in [0.05, 0.1) is 11.3 Å². The maximum atomic E-state index is 12.8. The Kier molecular flexibility index (Phi) is 3.73. The van der Waals surface area contributed by atoms with Gasteiger partial charge in [0, 0.05) is 23.3 Å². The summed E-state index contributed by atoms with van der Waals surface area (Å²) in [6.07, 6.45) is 3.20. The van der Waals surface area contributed by atoms with Crippen LogP contribution in [0.2, 0.25) is 0 Å². The van der Waals surface area contributed by atoms with Gasteiger partial charge in [0.25, 0.3) is 0 Å². The predicted molar refractivity (Wildman–Crippen MR) is 97.7 cm³/mol. The van der Waals surface area contributed by atoms with E-state index in [1.807, 2.05) is 32.0 Å². The van der Waals surface area contributed by atoms with Crippen LogP contribution in [0, 0.1) is 13.8 Å². The lowest BCUT2D eigenvalue weighted by atomic mass is 10.0. The third-order valence-electron chi connectivity index (χ3n) is 4.23. The molecule has 6 nitrogen and oxygen atoms in total. The molecule has 0 fully saturated rings. The molecule has 26 heavy (non-hydrogen) atoms. The first-order valence-electron chi connectivity index (χ1n) is 8.15. The molecule has 3 aromatic heterocycles. The molecule has 0 aliphatic rings. The number of hydrogen-bond donors (Lipinski definition) is 1. The van der Waals surface area contributed by atoms with Crippen molar-refractivity contribution in [3.05, 3.63) is 77.2 Å². The first-order valence-corrected chi connectivity index (χ1v) is 8.15. The first-order chi connectivity index (χ1) is 12.5. The molecule has 0 saturated heterocycles. The Balaban J connectivity index is 1.83. The molecule has 4 aromatic rings. The third kappa shape index (κ3) is 2.61. The Morgan fingerprint density at radius 2 is 1.92 bits per heavy atom. The molecule has 4 rings (SSSR count). The van der Waals surface area contributed by atoms with Crippen LogP contribution in [0.3, 0.4) is 0 Å². The first kappa shape index (κ1) is 16.0. The fourth-order valence-corrected chi connectivity index (χ4v) is 2.89. The topological polar surface area (TPSA) is 80.9 Å². The SMILES string of the molecule is Cc1ccc(O)c(C(=O)c2cnc3c(c2)c(C)nn3-c2ccccn2)c1. The van der Waals surface area contributed by atoms with Crippen LogP contribution >= 0.6 is 0 Å². The van der Waals surface area contributed by atoms with Gasteiger partial charge in [0.1, 0.15) is 5.75 Å². The second-order valence-electron chi connectivity index (χ2n) is 6.13. The van der Waals surface area contributed by atoms with Crippen molar-refractivity contribution in [2.24, 2.45) is 0 Å². The summed E-state index contributed by atoms with van der Waals surface area (Å²) in [5, 5.41) is 15.3. The Morgan fingerprint density at radius 1 is 1.08 bits per heavy atom. The van der Waals surface area contributed by atoms with Crippen LogP contribution in [0.15, 0.2) is 54.9 Å². The number of aromatic nitrogens is 4. The fraction of sp³-hybridized carbons (Fsp3) is 0.100. The lowest BCUT2D eigenvalue weighted by Gasteiger charge is -2.06. The van der Waals surface area contributed by atoms with Crippen LogP contribution in [0.4, 0.5) is 0 Å². The van der Waals surface area contributed by atoms with Gasteiger partial charge in [-0.1, -0.05) is 17.7 Å². The molecule has 0 unspecified atom stereocenters. The van der Waals surface area contributed by atoms with Crippen molar-refractivity contribution in [2.75, 3.05) is 0 Å². The van der Waals surface area contributed by atoms with Crippen LogP contribution in [0.5, 0.6) is 5.75 Å². The van der Waals surface area contributed by atoms with Crippen molar-refractivity contribution in [3.8, 4) is 11.6 Å². The van der Waals surface area contributed by atoms with Crippen molar-refractivity contribution in [3.63, 3.8) is 0 Å². The summed E-state index contributed by atoms with van der Waals surface area (Å²) in [5.41, 5.74) is 2.95. The van der Waals surface area contributed by atoms with Crippen LogP contribution in [0.25, 0.3) is 16.9 Å². The summed E-state index contributed by atoms with van der Waals surface area (Å²) in [7, 11) is 0. The van der Waals surface area contributed by atoms with E-state index in [4.69, 9.17) is 0 Å². The highest BCUT2D eigenvalue weighted by Crippen LogP contribution is 2.25. The lowest BCUT2D eigenvalue weighted by Crippen LogP contribution is -2.04. The molecular weight excluding hydrogens is 328 g/mol. The van der Waals surface area contributed by atoms with E-state index in [1.165, 1.54) is 12.3 Å². The van der Waals surface area contributed by atoms with Crippen LogP contribution in [-0.4, -0.2) is 30.6 Å². The molecule has 0 saturated carbocycles. The normalized spacial score (nSPS) is 11.0. The number of aromatic hydroxyl groups is 1. The summed E-state index contributed by atoms with van der Waals surface area (Å²) in [6.45, 7) is 3.74. The van der Waals surface area contributed by atoms with Gasteiger partial charge >= 0.3 is 0 Å². The molecule has 0 bridgehead atoms. The van der Waals surface area contributed by atoms with E-state index >= 15 is 0 Å². The van der Waals surface area contributed by atoms with E-state index in [0.717, 1.165) is 16.6 Å². The zero-order valence-corrected chi connectivity index (χ0v) is 14.3. The Bertz CT molecular complexity index is 1130. The van der Waals surface area contributed by atoms with Crippen molar-refractivity contribution < 1.29 is 9.90 Å². The summed E-state index contributed by atoms with van der Waals surface area (Å²) >= 11 is 0. The molecule has 6 heteroatoms. The number of carbonyl (C=O) groups excluding carboxylic acids is 1. The monoisotopic (exact) mass is 344 g/mol. The molecule has 3 heterocycles. The summed E-state index contributed by atoms with van der Waals surface area (Å²) < 4.78 is 1.66. The Morgan fingerprint density at radius 3 is 2.69 bits per heavy atom. The molecular formula is C20H16N4O2. The zero-order chi connectivity index (χ0) is 18.3. The standard InChI is InChI=1S/C20H16N4O2/c1-12-6-7-17(25)16(9-12)19(26)14-10-15-13(2)23-24(20(15)22-11-14)18-5-3-4-8-21-18/h3-11,25H,1-2H3. The number of pyridine rings is 2. The lowest BCUT2D eigenvalue weighted by molar-refractivity contribution is 0.103. The quantitative estimate of drug-likeness (QED) is 0.576. The number of ketones is 1. The van der Waals surface area contributed by atoms with Crippen molar-refractivity contribution in [1.29, 1.82) is 0 Å². The number of rotatable bonds is 3. The summed E-state index contributed by atoms with van der Waals surface area (Å²) in [4.78, 5) is 21.5. The van der Waals surface area contributed by atoms with E-state index in [2.05, 4.69) is 15.1 Å². The van der Waals surface area contributed by atoms with E-state index in [0.29, 0.717) is 17.0 Å². The highest BCUT2D eigenvalue weighted by atomic mass is 16.3. The number of benzene rings is 1. The predicted octanol–water partition coefficient (Wildman–Crippen LogP) is 3.37. The van der Waals surface area contributed by atoms with Gasteiger partial charge in [0.15, 0.2) is 17.2 Å². The van der Waals surface area contributed by atoms with Gasteiger partial charge in [-0.3, -0.25) is 4.79 Å². The molecule has 0 aliphatic heterocycles. The number of phenols is 1. The average Bonchev–Trinajstić information content (AvgIpc) is 3.00. The number of aryl methyl sites for hydroxylation is 2. The van der Waals surface area contributed by atoms with Gasteiger partial charge in [-0.15, -0.1) is 0 Å². The molecule has 0 amide bonds. The van der Waals surface area contributed by atoms with Crippen molar-refractivity contribution in [2.45, 2.75) is 13.8 Å². The van der Waals surface area contributed by atoms with E-state index < -0.39 is 0 Å². The largest absolute Gasteiger partial charge is 0.507 e. The summed E-state index contributed by atoms with van der Waals surface area (Å²) in [6, 6.07) is 12.3. The van der Waals surface area contributed by atoms with Crippen LogP contribution in [-0.2, 0) is 0 Å². The minimum atomic E-state index is -0.273. The third-order valence-corrected chi connectivity index (χ3v) is 4.23. The maximum Gasteiger partial charge on any atom is 0.198 e. The maximum absolute atomic E-state index is 12.8. The number of phenolic OH excluding ortho intramolecular Hbond substituents is 1. The molecule has 0 radical (unpaired) electrons. The smallest absolute Gasteiger partial charge is 0.198 e. The van der Waals surface area contributed by atoms with Gasteiger partial charge in [0.2, 0.25) is 0 Å². The van der Waals surface area contributed by atoms with Crippen LogP contribution in [0.1, 0.15) is 27.2 Å². The van der Waals surface area contributed by atoms with E-state index in [1.54, 1.807) is 29.1 Å². The second-order valence-corrected chi connectivity index (χ2v) is 6.13. The van der Waals surface area contributed by atoms with Gasteiger partial charge in [-0.05, 0) is 44.2 Å². The fourth-order valence-electron chi connectivity index (χ4n) is 2.89. The molecule has 1 N–H and O–H groups in total.